The molecule has 0 aliphatic rings. The Labute approximate surface area is 222 Å². The second-order valence-corrected chi connectivity index (χ2v) is 9.41. The molecule has 1 unspecified atom stereocenters. The predicted octanol–water partition coefficient (Wildman–Crippen LogP) is 4.16. The Morgan fingerprint density at radius 2 is 1.66 bits per heavy atom. The number of aromatic nitrogens is 2. The molecule has 4 aromatic rings. The first-order valence-electron chi connectivity index (χ1n) is 11.8. The Balaban J connectivity index is 1.44. The van der Waals surface area contributed by atoms with Crippen molar-refractivity contribution >= 4 is 50.7 Å². The van der Waals surface area contributed by atoms with Crippen LogP contribution in [0.3, 0.4) is 0 Å². The fraction of sp³-hybridized carbons (Fsp3) is 0.222. The van der Waals surface area contributed by atoms with E-state index in [-0.39, 0.29) is 29.4 Å². The van der Waals surface area contributed by atoms with Crippen molar-refractivity contribution < 1.29 is 23.9 Å². The minimum absolute atomic E-state index is 0.0437. The summed E-state index contributed by atoms with van der Waals surface area (Å²) in [7, 11) is 0. The van der Waals surface area contributed by atoms with Crippen molar-refractivity contribution in [3.8, 4) is 5.75 Å². The van der Waals surface area contributed by atoms with Crippen molar-refractivity contribution in [3.63, 3.8) is 0 Å². The maximum atomic E-state index is 13.3. The Morgan fingerprint density at radius 3 is 2.32 bits per heavy atom. The third kappa shape index (κ3) is 6.06. The van der Waals surface area contributed by atoms with Gasteiger partial charge in [0.2, 0.25) is 11.8 Å². The molecular formula is C27H26N4O6S. The Bertz CT molecular complexity index is 1530. The molecule has 0 spiro atoms. The number of aryl methyl sites for hydroxylation is 1. The lowest BCUT2D eigenvalue weighted by molar-refractivity contribution is -0.119. The molecule has 2 aromatic heterocycles. The van der Waals surface area contributed by atoms with E-state index >= 15 is 0 Å². The summed E-state index contributed by atoms with van der Waals surface area (Å²) < 4.78 is 12.1. The van der Waals surface area contributed by atoms with Crippen LogP contribution in [0.1, 0.15) is 35.1 Å². The van der Waals surface area contributed by atoms with Gasteiger partial charge < -0.3 is 20.1 Å². The lowest BCUT2D eigenvalue weighted by atomic mass is 10.2. The van der Waals surface area contributed by atoms with E-state index in [1.165, 1.54) is 17.8 Å². The van der Waals surface area contributed by atoms with Gasteiger partial charge in [-0.1, -0.05) is 18.2 Å². The summed E-state index contributed by atoms with van der Waals surface area (Å²) in [6.07, 6.45) is 1.30. The Kier molecular flexibility index (Phi) is 8.17. The second kappa shape index (κ2) is 11.7. The van der Waals surface area contributed by atoms with Crippen molar-refractivity contribution in [2.75, 3.05) is 23.8 Å². The third-order valence-electron chi connectivity index (χ3n) is 5.66. The fourth-order valence-corrected chi connectivity index (χ4v) is 4.73. The highest BCUT2D eigenvalue weighted by Gasteiger charge is 2.23. The average Bonchev–Trinajstić information content (AvgIpc) is 3.25. The molecule has 0 aliphatic carbocycles. The van der Waals surface area contributed by atoms with E-state index in [0.717, 1.165) is 11.3 Å². The molecule has 10 nitrogen and oxygen atoms in total. The summed E-state index contributed by atoms with van der Waals surface area (Å²) in [5.74, 6) is -0.519. The predicted molar refractivity (Wildman–Crippen MR) is 145 cm³/mol. The van der Waals surface area contributed by atoms with E-state index in [1.807, 2.05) is 18.2 Å². The second-order valence-electron chi connectivity index (χ2n) is 8.41. The summed E-state index contributed by atoms with van der Waals surface area (Å²) in [4.78, 5) is 55.0. The van der Waals surface area contributed by atoms with Gasteiger partial charge in [0.15, 0.2) is 0 Å². The number of hydrogen-bond acceptors (Lipinski definition) is 8. The zero-order valence-corrected chi connectivity index (χ0v) is 21.8. The van der Waals surface area contributed by atoms with E-state index in [9.17, 15) is 19.2 Å². The lowest BCUT2D eigenvalue weighted by Crippen LogP contribution is -2.31. The van der Waals surface area contributed by atoms with Crippen LogP contribution < -0.4 is 20.9 Å². The van der Waals surface area contributed by atoms with Gasteiger partial charge in [0.25, 0.3) is 5.56 Å². The summed E-state index contributed by atoms with van der Waals surface area (Å²) in [6.45, 7) is 4.88. The van der Waals surface area contributed by atoms with Gasteiger partial charge in [-0.25, -0.2) is 9.78 Å². The largest absolute Gasteiger partial charge is 0.490 e. The van der Waals surface area contributed by atoms with Gasteiger partial charge in [0, 0.05) is 18.3 Å². The Morgan fingerprint density at radius 1 is 1.00 bits per heavy atom. The molecular weight excluding hydrogens is 508 g/mol. The molecule has 2 N–H and O–H groups in total. The highest BCUT2D eigenvalue weighted by Crippen LogP contribution is 2.28. The van der Waals surface area contributed by atoms with Gasteiger partial charge in [-0.15, -0.1) is 11.3 Å². The maximum Gasteiger partial charge on any atom is 0.348 e. The minimum Gasteiger partial charge on any atom is -0.490 e. The van der Waals surface area contributed by atoms with Crippen LogP contribution in [0.15, 0.2) is 65.7 Å². The first kappa shape index (κ1) is 26.6. The van der Waals surface area contributed by atoms with Gasteiger partial charge in [0.05, 0.1) is 11.7 Å². The molecule has 196 valence electrons. The quantitative estimate of drug-likeness (QED) is 0.244. The molecule has 38 heavy (non-hydrogen) atoms. The zero-order valence-electron chi connectivity index (χ0n) is 21.0. The lowest BCUT2D eigenvalue weighted by Gasteiger charge is -2.15. The molecule has 0 aliphatic heterocycles. The molecule has 2 amide bonds. The van der Waals surface area contributed by atoms with Crippen LogP contribution in [0.2, 0.25) is 0 Å². The van der Waals surface area contributed by atoms with Gasteiger partial charge >= 0.3 is 5.97 Å². The number of amides is 2. The summed E-state index contributed by atoms with van der Waals surface area (Å²) in [5.41, 5.74) is 1.12. The molecule has 0 saturated heterocycles. The van der Waals surface area contributed by atoms with Crippen LogP contribution in [-0.2, 0) is 14.3 Å². The van der Waals surface area contributed by atoms with E-state index in [2.05, 4.69) is 15.6 Å². The number of benzene rings is 2. The smallest absolute Gasteiger partial charge is 0.348 e. The number of hydrogen-bond donors (Lipinski definition) is 2. The van der Waals surface area contributed by atoms with Crippen LogP contribution in [0, 0.1) is 6.92 Å². The normalized spacial score (nSPS) is 11.6. The van der Waals surface area contributed by atoms with Crippen LogP contribution in [0.4, 0.5) is 11.4 Å². The van der Waals surface area contributed by atoms with Crippen LogP contribution in [0.25, 0.3) is 10.2 Å². The number of thiophene rings is 1. The molecule has 0 bridgehead atoms. The molecule has 4 rings (SSSR count). The zero-order chi connectivity index (χ0) is 27.2. The van der Waals surface area contributed by atoms with Crippen molar-refractivity contribution in [1.29, 1.82) is 0 Å². The first-order chi connectivity index (χ1) is 18.2. The number of esters is 1. The van der Waals surface area contributed by atoms with Crippen LogP contribution >= 0.6 is 11.3 Å². The topological polar surface area (TPSA) is 129 Å². The fourth-order valence-electron chi connectivity index (χ4n) is 3.70. The van der Waals surface area contributed by atoms with E-state index < -0.39 is 23.5 Å². The molecule has 2 aromatic carbocycles. The molecule has 0 saturated carbocycles. The van der Waals surface area contributed by atoms with Crippen LogP contribution in [0.5, 0.6) is 5.75 Å². The average molecular weight is 535 g/mol. The number of fused-ring (bicyclic) bond motifs is 1. The van der Waals surface area contributed by atoms with Crippen molar-refractivity contribution in [3.05, 3.63) is 81.7 Å². The summed E-state index contributed by atoms with van der Waals surface area (Å²) in [6, 6.07) is 14.9. The summed E-state index contributed by atoms with van der Waals surface area (Å²) >= 11 is 1.07. The number of para-hydroxylation sites is 1. The highest BCUT2D eigenvalue weighted by molar-refractivity contribution is 7.20. The maximum absolute atomic E-state index is 13.3. The Hall–Kier alpha value is -4.51. The standard InChI is InChI=1S/C27H26N4O6S/c1-16-22-25(38-23(16)27(35)37-14-13-36-21-7-5-4-6-8-21)28-15-31(26(22)34)17(2)24(33)30-20-11-9-19(10-12-20)29-18(3)32/h4-12,15,17H,13-14H2,1-3H3,(H,29,32)(H,30,33). The number of carbonyl (C=O) groups excluding carboxylic acids is 3. The number of carbonyl (C=O) groups is 3. The van der Waals surface area contributed by atoms with Gasteiger partial charge in [0.1, 0.15) is 34.7 Å². The van der Waals surface area contributed by atoms with Gasteiger partial charge in [-0.05, 0) is 55.8 Å². The van der Waals surface area contributed by atoms with Gasteiger partial charge in [-0.2, -0.15) is 0 Å². The molecule has 11 heteroatoms. The number of anilines is 2. The monoisotopic (exact) mass is 534 g/mol. The van der Waals surface area contributed by atoms with E-state index in [4.69, 9.17) is 9.47 Å². The van der Waals surface area contributed by atoms with Crippen LogP contribution in [-0.4, -0.2) is 40.5 Å². The van der Waals surface area contributed by atoms with Crippen molar-refractivity contribution in [2.45, 2.75) is 26.8 Å². The minimum atomic E-state index is -0.876. The number of rotatable bonds is 9. The molecule has 2 heterocycles. The van der Waals surface area contributed by atoms with E-state index in [0.29, 0.717) is 27.5 Å². The molecule has 0 radical (unpaired) electrons. The number of nitrogens with zero attached hydrogens (tertiary/aromatic N) is 2. The van der Waals surface area contributed by atoms with Gasteiger partial charge in [-0.3, -0.25) is 19.0 Å². The SMILES string of the molecule is CC(=O)Nc1ccc(NC(=O)C(C)n2cnc3sc(C(=O)OCCOc4ccccc4)c(C)c3c2=O)cc1. The van der Waals surface area contributed by atoms with Crippen molar-refractivity contribution in [1.82, 2.24) is 9.55 Å². The number of ether oxygens (including phenoxy) is 2. The highest BCUT2D eigenvalue weighted by atomic mass is 32.1. The van der Waals surface area contributed by atoms with E-state index in [1.54, 1.807) is 50.2 Å². The first-order valence-corrected chi connectivity index (χ1v) is 12.6. The number of nitrogens with one attached hydrogen (secondary N) is 2. The molecule has 1 atom stereocenters. The summed E-state index contributed by atoms with van der Waals surface area (Å²) in [5, 5.41) is 5.67. The third-order valence-corrected chi connectivity index (χ3v) is 6.84. The van der Waals surface area contributed by atoms with Crippen molar-refractivity contribution in [2.24, 2.45) is 0 Å². The molecule has 0 fully saturated rings.